The second-order valence-corrected chi connectivity index (χ2v) is 8.21. The molecular formula is C17H12Cl2N4O3S2. The van der Waals surface area contributed by atoms with Gasteiger partial charge in [-0.1, -0.05) is 23.2 Å². The van der Waals surface area contributed by atoms with Crippen LogP contribution in [0.1, 0.15) is 24.9 Å². The summed E-state index contributed by atoms with van der Waals surface area (Å²) in [5, 5.41) is 10.1. The highest BCUT2D eigenvalue weighted by Crippen LogP contribution is 2.37. The SMILES string of the molecule is CN(C)C=Nc1sc(C=O)c(Cl)c1C#N.O=Cc1sc2cc[nH]c(=O)c2c1Cl. The van der Waals surface area contributed by atoms with E-state index in [0.717, 1.165) is 16.0 Å². The number of nitrogens with one attached hydrogen (secondary N) is 1. The molecular weight excluding hydrogens is 443 g/mol. The largest absolute Gasteiger partial charge is 0.369 e. The van der Waals surface area contributed by atoms with E-state index in [1.165, 1.54) is 17.5 Å². The molecule has 3 aromatic heterocycles. The van der Waals surface area contributed by atoms with Gasteiger partial charge in [0.05, 0.1) is 31.5 Å². The van der Waals surface area contributed by atoms with Crippen LogP contribution in [0.2, 0.25) is 10.0 Å². The maximum atomic E-state index is 11.3. The van der Waals surface area contributed by atoms with Crippen LogP contribution in [-0.2, 0) is 0 Å². The fourth-order valence-corrected chi connectivity index (χ4v) is 4.42. The van der Waals surface area contributed by atoms with Crippen LogP contribution >= 0.6 is 45.9 Å². The first-order chi connectivity index (χ1) is 13.3. The van der Waals surface area contributed by atoms with E-state index in [0.29, 0.717) is 32.7 Å². The minimum absolute atomic E-state index is 0.184. The Morgan fingerprint density at radius 1 is 1.18 bits per heavy atom. The van der Waals surface area contributed by atoms with Crippen molar-refractivity contribution in [3.8, 4) is 6.07 Å². The Morgan fingerprint density at radius 3 is 2.36 bits per heavy atom. The normalized spacial score (nSPS) is 10.4. The second kappa shape index (κ2) is 9.61. The number of hydrogen-bond acceptors (Lipinski definition) is 7. The van der Waals surface area contributed by atoms with Crippen LogP contribution in [0, 0.1) is 11.3 Å². The first kappa shape index (κ1) is 21.8. The fraction of sp³-hybridized carbons (Fsp3) is 0.118. The number of carbonyl (C=O) groups is 2. The van der Waals surface area contributed by atoms with Crippen LogP contribution in [0.3, 0.4) is 0 Å². The van der Waals surface area contributed by atoms with Gasteiger partial charge in [-0.25, -0.2) is 4.99 Å². The van der Waals surface area contributed by atoms with Crippen molar-refractivity contribution in [3.63, 3.8) is 0 Å². The topological polar surface area (TPSA) is 106 Å². The number of thiophene rings is 2. The lowest BCUT2D eigenvalue weighted by Gasteiger charge is -2.00. The van der Waals surface area contributed by atoms with E-state index < -0.39 is 0 Å². The van der Waals surface area contributed by atoms with Gasteiger partial charge in [0.1, 0.15) is 16.6 Å². The van der Waals surface area contributed by atoms with Gasteiger partial charge >= 0.3 is 0 Å². The molecule has 11 heteroatoms. The van der Waals surface area contributed by atoms with Crippen molar-refractivity contribution in [1.29, 1.82) is 5.26 Å². The monoisotopic (exact) mass is 454 g/mol. The van der Waals surface area contributed by atoms with E-state index >= 15 is 0 Å². The zero-order valence-electron chi connectivity index (χ0n) is 14.5. The molecule has 3 rings (SSSR count). The lowest BCUT2D eigenvalue weighted by atomic mass is 10.3. The number of rotatable bonds is 4. The molecule has 0 spiro atoms. The number of halogens is 2. The van der Waals surface area contributed by atoms with E-state index in [1.807, 2.05) is 20.2 Å². The first-order valence-corrected chi connectivity index (χ1v) is 9.85. The molecule has 0 saturated carbocycles. The fourth-order valence-electron chi connectivity index (χ4n) is 1.96. The number of hydrogen-bond donors (Lipinski definition) is 1. The molecule has 28 heavy (non-hydrogen) atoms. The molecule has 0 aromatic carbocycles. The Balaban J connectivity index is 0.000000202. The third-order valence-corrected chi connectivity index (χ3v) is 6.28. The van der Waals surface area contributed by atoms with Crippen molar-refractivity contribution >= 4 is 79.9 Å². The molecule has 0 aliphatic heterocycles. The second-order valence-electron chi connectivity index (χ2n) is 5.34. The number of nitrogens with zero attached hydrogens (tertiary/aromatic N) is 3. The van der Waals surface area contributed by atoms with Crippen molar-refractivity contribution in [3.05, 3.63) is 48.0 Å². The minimum Gasteiger partial charge on any atom is -0.369 e. The van der Waals surface area contributed by atoms with Crippen LogP contribution in [0.15, 0.2) is 22.1 Å². The molecule has 3 aromatic rings. The summed E-state index contributed by atoms with van der Waals surface area (Å²) in [6, 6.07) is 3.65. The maximum Gasteiger partial charge on any atom is 0.258 e. The maximum absolute atomic E-state index is 11.3. The van der Waals surface area contributed by atoms with Gasteiger partial charge in [-0.15, -0.1) is 22.7 Å². The molecule has 0 aliphatic rings. The van der Waals surface area contributed by atoms with Gasteiger partial charge in [-0.3, -0.25) is 14.4 Å². The summed E-state index contributed by atoms with van der Waals surface area (Å²) in [7, 11) is 3.62. The summed E-state index contributed by atoms with van der Waals surface area (Å²) in [4.78, 5) is 41.4. The molecule has 0 atom stereocenters. The molecule has 0 unspecified atom stereocenters. The van der Waals surface area contributed by atoms with Gasteiger partial charge in [0.15, 0.2) is 12.6 Å². The highest BCUT2D eigenvalue weighted by Gasteiger charge is 2.15. The Kier molecular flexibility index (Phi) is 7.48. The van der Waals surface area contributed by atoms with Crippen molar-refractivity contribution in [2.75, 3.05) is 14.1 Å². The Morgan fingerprint density at radius 2 is 1.82 bits per heavy atom. The van der Waals surface area contributed by atoms with Gasteiger partial charge in [0, 0.05) is 25.0 Å². The smallest absolute Gasteiger partial charge is 0.258 e. The highest BCUT2D eigenvalue weighted by molar-refractivity contribution is 7.21. The van der Waals surface area contributed by atoms with Gasteiger partial charge in [-0.05, 0) is 6.07 Å². The number of aromatic nitrogens is 1. The number of H-pyrrole nitrogens is 1. The van der Waals surface area contributed by atoms with E-state index in [1.54, 1.807) is 17.3 Å². The van der Waals surface area contributed by atoms with Gasteiger partial charge < -0.3 is 9.88 Å². The van der Waals surface area contributed by atoms with E-state index in [2.05, 4.69) is 9.98 Å². The molecule has 7 nitrogen and oxygen atoms in total. The summed E-state index contributed by atoms with van der Waals surface area (Å²) in [5.41, 5.74) is -0.00582. The standard InChI is InChI=1S/C9H8ClN3OS.C8H4ClNO2S/c1-13(2)5-12-9-6(3-11)8(10)7(4-14)15-9;9-7-5(3-11)13-4-1-2-10-8(12)6(4)7/h4-5H,1-2H3;1-3H,(H,10,12). The van der Waals surface area contributed by atoms with Gasteiger partial charge in [0.2, 0.25) is 0 Å². The molecule has 144 valence electrons. The first-order valence-electron chi connectivity index (χ1n) is 7.47. The van der Waals surface area contributed by atoms with E-state index in [4.69, 9.17) is 28.5 Å². The van der Waals surface area contributed by atoms with Crippen LogP contribution < -0.4 is 5.56 Å². The lowest BCUT2D eigenvalue weighted by Crippen LogP contribution is -2.06. The summed E-state index contributed by atoms with van der Waals surface area (Å²) < 4.78 is 0.732. The molecule has 3 heterocycles. The molecule has 0 radical (unpaired) electrons. The lowest BCUT2D eigenvalue weighted by molar-refractivity contribution is 0.111. The third kappa shape index (κ3) is 4.66. The van der Waals surface area contributed by atoms with Crippen molar-refractivity contribution in [1.82, 2.24) is 9.88 Å². The number of aldehydes is 2. The molecule has 0 fully saturated rings. The van der Waals surface area contributed by atoms with Crippen molar-refractivity contribution in [2.24, 2.45) is 4.99 Å². The predicted octanol–water partition coefficient (Wildman–Crippen LogP) is 4.36. The third-order valence-electron chi connectivity index (χ3n) is 3.17. The Bertz CT molecular complexity index is 1160. The number of nitriles is 1. The number of aliphatic imine (C=N–C) groups is 1. The Hall–Kier alpha value is -2.51. The zero-order valence-corrected chi connectivity index (χ0v) is 17.7. The minimum atomic E-state index is -0.258. The number of pyridine rings is 1. The van der Waals surface area contributed by atoms with Gasteiger partial charge in [-0.2, -0.15) is 5.26 Å². The van der Waals surface area contributed by atoms with Crippen LogP contribution in [-0.4, -0.2) is 42.9 Å². The predicted molar refractivity (Wildman–Crippen MR) is 114 cm³/mol. The molecule has 1 N–H and O–H groups in total. The molecule has 0 amide bonds. The van der Waals surface area contributed by atoms with Crippen LogP contribution in [0.5, 0.6) is 0 Å². The van der Waals surface area contributed by atoms with Crippen molar-refractivity contribution in [2.45, 2.75) is 0 Å². The van der Waals surface area contributed by atoms with E-state index in [9.17, 15) is 14.4 Å². The van der Waals surface area contributed by atoms with Crippen LogP contribution in [0.4, 0.5) is 5.00 Å². The Labute approximate surface area is 177 Å². The molecule has 0 saturated heterocycles. The van der Waals surface area contributed by atoms with Crippen LogP contribution in [0.25, 0.3) is 10.1 Å². The summed E-state index contributed by atoms with van der Waals surface area (Å²) >= 11 is 14.0. The average molecular weight is 455 g/mol. The quantitative estimate of drug-likeness (QED) is 0.357. The summed E-state index contributed by atoms with van der Waals surface area (Å²) in [6.07, 6.45) is 4.37. The molecule has 0 bridgehead atoms. The average Bonchev–Trinajstić information content (AvgIpc) is 3.17. The number of aromatic amines is 1. The zero-order chi connectivity index (χ0) is 20.8. The number of carbonyl (C=O) groups excluding carboxylic acids is 2. The summed E-state index contributed by atoms with van der Waals surface area (Å²) in [6.45, 7) is 0. The summed E-state index contributed by atoms with van der Waals surface area (Å²) in [5.74, 6) is 0. The van der Waals surface area contributed by atoms with Gasteiger partial charge in [0.25, 0.3) is 5.56 Å². The molecule has 0 aliphatic carbocycles. The number of fused-ring (bicyclic) bond motifs is 1. The highest BCUT2D eigenvalue weighted by atomic mass is 35.5. The van der Waals surface area contributed by atoms with Crippen molar-refractivity contribution < 1.29 is 9.59 Å². The van der Waals surface area contributed by atoms with E-state index in [-0.39, 0.29) is 21.2 Å².